The van der Waals surface area contributed by atoms with Gasteiger partial charge in [0.05, 0.1) is 23.3 Å². The maximum absolute atomic E-state index is 13.1. The average Bonchev–Trinajstić information content (AvgIpc) is 3.22. The number of rotatable bonds is 2. The van der Waals surface area contributed by atoms with E-state index in [4.69, 9.17) is 9.47 Å². The normalized spacial score (nSPS) is 18.7. The first-order chi connectivity index (χ1) is 13.3. The lowest BCUT2D eigenvalue weighted by molar-refractivity contribution is 0.0729. The molecule has 0 N–H and O–H groups in total. The molecule has 2 aliphatic rings. The molecule has 3 aromatic rings. The molecule has 27 heavy (non-hydrogen) atoms. The van der Waals surface area contributed by atoms with Gasteiger partial charge in [0.2, 0.25) is 0 Å². The highest BCUT2D eigenvalue weighted by Gasteiger charge is 2.32. The molecule has 0 bridgehead atoms. The lowest BCUT2D eigenvalue weighted by atomic mass is 10.0. The third-order valence-corrected chi connectivity index (χ3v) is 5.13. The number of nitrogens with zero attached hydrogens (tertiary/aromatic N) is 3. The Morgan fingerprint density at radius 1 is 1.04 bits per heavy atom. The van der Waals surface area contributed by atoms with E-state index in [1.807, 2.05) is 47.4 Å². The molecule has 0 spiro atoms. The number of aromatic nitrogens is 2. The van der Waals surface area contributed by atoms with Crippen LogP contribution in [0.1, 0.15) is 34.9 Å². The Morgan fingerprint density at radius 2 is 1.85 bits per heavy atom. The number of fused-ring (bicyclic) bond motifs is 2. The predicted octanol–water partition coefficient (Wildman–Crippen LogP) is 3.38. The SMILES string of the molecule is O=C(c1cnc2ccccc2n1)N1CCC[C@@H]1c1ccc2c(c1)OCCO2. The van der Waals surface area contributed by atoms with Gasteiger partial charge in [-0.1, -0.05) is 18.2 Å². The van der Waals surface area contributed by atoms with Gasteiger partial charge in [0.25, 0.3) is 5.91 Å². The molecule has 6 heteroatoms. The number of hydrogen-bond donors (Lipinski definition) is 0. The van der Waals surface area contributed by atoms with Crippen LogP contribution in [-0.4, -0.2) is 40.5 Å². The first-order valence-corrected chi connectivity index (χ1v) is 9.22. The van der Waals surface area contributed by atoms with Gasteiger partial charge in [-0.2, -0.15) is 0 Å². The molecule has 2 aliphatic heterocycles. The fraction of sp³-hybridized carbons (Fsp3) is 0.286. The smallest absolute Gasteiger partial charge is 0.274 e. The van der Waals surface area contributed by atoms with Crippen LogP contribution in [0, 0.1) is 0 Å². The van der Waals surface area contributed by atoms with E-state index in [0.29, 0.717) is 25.5 Å². The zero-order valence-electron chi connectivity index (χ0n) is 14.8. The van der Waals surface area contributed by atoms with Gasteiger partial charge in [-0.15, -0.1) is 0 Å². The second-order valence-electron chi connectivity index (χ2n) is 6.80. The number of carbonyl (C=O) groups excluding carboxylic acids is 1. The van der Waals surface area contributed by atoms with Crippen molar-refractivity contribution in [3.8, 4) is 11.5 Å². The van der Waals surface area contributed by atoms with E-state index in [2.05, 4.69) is 9.97 Å². The third-order valence-electron chi connectivity index (χ3n) is 5.13. The molecule has 6 nitrogen and oxygen atoms in total. The fourth-order valence-electron chi connectivity index (χ4n) is 3.83. The van der Waals surface area contributed by atoms with Crippen molar-refractivity contribution in [2.45, 2.75) is 18.9 Å². The van der Waals surface area contributed by atoms with E-state index in [1.165, 1.54) is 0 Å². The summed E-state index contributed by atoms with van der Waals surface area (Å²) in [5.74, 6) is 1.44. The highest BCUT2D eigenvalue weighted by atomic mass is 16.6. The van der Waals surface area contributed by atoms with Crippen LogP contribution in [0.4, 0.5) is 0 Å². The first kappa shape index (κ1) is 16.1. The Bertz CT molecular complexity index is 1020. The summed E-state index contributed by atoms with van der Waals surface area (Å²) in [5, 5.41) is 0. The molecule has 1 saturated heterocycles. The Labute approximate surface area is 156 Å². The average molecular weight is 361 g/mol. The summed E-state index contributed by atoms with van der Waals surface area (Å²) in [4.78, 5) is 23.9. The van der Waals surface area contributed by atoms with E-state index < -0.39 is 0 Å². The molecule has 3 heterocycles. The second kappa shape index (κ2) is 6.54. The number of para-hydroxylation sites is 2. The lowest BCUT2D eigenvalue weighted by Crippen LogP contribution is -2.31. The molecule has 2 aromatic carbocycles. The maximum Gasteiger partial charge on any atom is 0.274 e. The Balaban J connectivity index is 1.45. The molecule has 5 rings (SSSR count). The first-order valence-electron chi connectivity index (χ1n) is 9.22. The van der Waals surface area contributed by atoms with Crippen molar-refractivity contribution in [2.75, 3.05) is 19.8 Å². The Kier molecular flexibility index (Phi) is 3.89. The molecule has 0 aliphatic carbocycles. The summed E-state index contributed by atoms with van der Waals surface area (Å²) in [6.45, 7) is 1.84. The van der Waals surface area contributed by atoms with Crippen LogP contribution >= 0.6 is 0 Å². The largest absolute Gasteiger partial charge is 0.486 e. The standard InChI is InChI=1S/C21H19N3O3/c25-21(17-13-22-15-4-1-2-5-16(15)23-17)24-9-3-6-18(24)14-7-8-19-20(12-14)27-11-10-26-19/h1-2,4-5,7-8,12-13,18H,3,6,9-11H2/t18-/m1/s1. The van der Waals surface area contributed by atoms with Crippen molar-refractivity contribution in [1.29, 1.82) is 0 Å². The second-order valence-corrected chi connectivity index (χ2v) is 6.80. The number of amides is 1. The van der Waals surface area contributed by atoms with Gasteiger partial charge in [0.15, 0.2) is 11.5 Å². The number of ether oxygens (including phenoxy) is 2. The molecular formula is C21H19N3O3. The summed E-state index contributed by atoms with van der Waals surface area (Å²) in [5.41, 5.74) is 2.98. The van der Waals surface area contributed by atoms with Gasteiger partial charge >= 0.3 is 0 Å². The minimum Gasteiger partial charge on any atom is -0.486 e. The van der Waals surface area contributed by atoms with Crippen LogP contribution in [0.3, 0.4) is 0 Å². The zero-order valence-corrected chi connectivity index (χ0v) is 14.8. The van der Waals surface area contributed by atoms with Gasteiger partial charge in [-0.3, -0.25) is 9.78 Å². The highest BCUT2D eigenvalue weighted by molar-refractivity contribution is 5.94. The predicted molar refractivity (Wildman–Crippen MR) is 100.0 cm³/mol. The van der Waals surface area contributed by atoms with Crippen molar-refractivity contribution in [2.24, 2.45) is 0 Å². The lowest BCUT2D eigenvalue weighted by Gasteiger charge is -2.26. The Morgan fingerprint density at radius 3 is 2.74 bits per heavy atom. The molecule has 136 valence electrons. The number of benzene rings is 2. The zero-order chi connectivity index (χ0) is 18.2. The molecule has 1 amide bonds. The van der Waals surface area contributed by atoms with Crippen LogP contribution in [0.25, 0.3) is 11.0 Å². The molecule has 1 fully saturated rings. The summed E-state index contributed by atoms with van der Waals surface area (Å²) in [7, 11) is 0. The van der Waals surface area contributed by atoms with Crippen LogP contribution in [0.5, 0.6) is 11.5 Å². The van der Waals surface area contributed by atoms with Gasteiger partial charge in [0.1, 0.15) is 18.9 Å². The van der Waals surface area contributed by atoms with E-state index in [-0.39, 0.29) is 11.9 Å². The minimum atomic E-state index is -0.0781. The molecule has 1 atom stereocenters. The van der Waals surface area contributed by atoms with E-state index in [1.54, 1.807) is 6.20 Å². The molecule has 0 saturated carbocycles. The van der Waals surface area contributed by atoms with Crippen molar-refractivity contribution in [3.63, 3.8) is 0 Å². The number of likely N-dealkylation sites (tertiary alicyclic amines) is 1. The van der Waals surface area contributed by atoms with Gasteiger partial charge < -0.3 is 14.4 Å². The van der Waals surface area contributed by atoms with Crippen molar-refractivity contribution in [1.82, 2.24) is 14.9 Å². The van der Waals surface area contributed by atoms with Crippen LogP contribution in [-0.2, 0) is 0 Å². The van der Waals surface area contributed by atoms with Gasteiger partial charge in [0, 0.05) is 6.54 Å². The van der Waals surface area contributed by atoms with E-state index >= 15 is 0 Å². The van der Waals surface area contributed by atoms with Crippen molar-refractivity contribution < 1.29 is 14.3 Å². The summed E-state index contributed by atoms with van der Waals surface area (Å²) in [6, 6.07) is 13.6. The van der Waals surface area contributed by atoms with Gasteiger partial charge in [-0.05, 0) is 42.7 Å². The summed E-state index contributed by atoms with van der Waals surface area (Å²) >= 11 is 0. The number of carbonyl (C=O) groups is 1. The fourth-order valence-corrected chi connectivity index (χ4v) is 3.83. The Hall–Kier alpha value is -3.15. The van der Waals surface area contributed by atoms with Crippen LogP contribution in [0.2, 0.25) is 0 Å². The maximum atomic E-state index is 13.1. The van der Waals surface area contributed by atoms with Gasteiger partial charge in [-0.25, -0.2) is 4.98 Å². The monoisotopic (exact) mass is 361 g/mol. The van der Waals surface area contributed by atoms with Crippen LogP contribution in [0.15, 0.2) is 48.7 Å². The summed E-state index contributed by atoms with van der Waals surface area (Å²) < 4.78 is 11.3. The topological polar surface area (TPSA) is 64.6 Å². The molecular weight excluding hydrogens is 342 g/mol. The minimum absolute atomic E-state index is 0.0154. The molecule has 0 radical (unpaired) electrons. The van der Waals surface area contributed by atoms with Crippen molar-refractivity contribution in [3.05, 3.63) is 59.9 Å². The molecule has 1 aromatic heterocycles. The molecule has 0 unspecified atom stereocenters. The highest BCUT2D eigenvalue weighted by Crippen LogP contribution is 2.38. The van der Waals surface area contributed by atoms with E-state index in [0.717, 1.165) is 40.9 Å². The quantitative estimate of drug-likeness (QED) is 0.700. The van der Waals surface area contributed by atoms with Crippen molar-refractivity contribution >= 4 is 16.9 Å². The third kappa shape index (κ3) is 2.87. The van der Waals surface area contributed by atoms with E-state index in [9.17, 15) is 4.79 Å². The number of hydrogen-bond acceptors (Lipinski definition) is 5. The summed E-state index contributed by atoms with van der Waals surface area (Å²) in [6.07, 6.45) is 3.46. The van der Waals surface area contributed by atoms with Crippen LogP contribution < -0.4 is 9.47 Å².